The van der Waals surface area contributed by atoms with Gasteiger partial charge in [-0.1, -0.05) is 12.1 Å². The Morgan fingerprint density at radius 3 is 2.71 bits per heavy atom. The largest absolute Gasteiger partial charge is 0.368 e. The number of nitrogens with two attached hydrogens (primary N) is 1. The third-order valence-corrected chi connectivity index (χ3v) is 3.80. The zero-order chi connectivity index (χ0) is 12.4. The second-order valence-electron chi connectivity index (χ2n) is 5.10. The molecule has 3 nitrogen and oxygen atoms in total. The molecule has 2 N–H and O–H groups in total. The average Bonchev–Trinajstić information content (AvgIpc) is 2.32. The van der Waals surface area contributed by atoms with Crippen molar-refractivity contribution < 1.29 is 0 Å². The Morgan fingerprint density at radius 1 is 1.35 bits per heavy atom. The third-order valence-electron chi connectivity index (χ3n) is 3.80. The van der Waals surface area contributed by atoms with Gasteiger partial charge in [0, 0.05) is 37.9 Å². The van der Waals surface area contributed by atoms with Crippen LogP contribution in [0.15, 0.2) is 18.2 Å². The summed E-state index contributed by atoms with van der Waals surface area (Å²) in [5.74, 6) is 0. The fourth-order valence-electron chi connectivity index (χ4n) is 2.47. The maximum absolute atomic E-state index is 5.67. The van der Waals surface area contributed by atoms with E-state index >= 15 is 0 Å². The minimum absolute atomic E-state index is 0.623. The van der Waals surface area contributed by atoms with Gasteiger partial charge in [-0.05, 0) is 38.1 Å². The highest BCUT2D eigenvalue weighted by atomic mass is 15.3. The minimum atomic E-state index is 0.623. The van der Waals surface area contributed by atoms with Crippen molar-refractivity contribution in [3.63, 3.8) is 0 Å². The average molecular weight is 233 g/mol. The molecule has 0 saturated carbocycles. The number of likely N-dealkylation sites (N-methyl/N-ethyl adjacent to an activating group) is 1. The van der Waals surface area contributed by atoms with Crippen LogP contribution in [0.2, 0.25) is 0 Å². The van der Waals surface area contributed by atoms with Gasteiger partial charge in [0.2, 0.25) is 0 Å². The molecule has 0 aromatic heterocycles. The first-order valence-electron chi connectivity index (χ1n) is 6.36. The van der Waals surface area contributed by atoms with Crippen LogP contribution in [-0.4, -0.2) is 37.6 Å². The maximum atomic E-state index is 5.67. The van der Waals surface area contributed by atoms with Crippen LogP contribution < -0.4 is 10.6 Å². The summed E-state index contributed by atoms with van der Waals surface area (Å²) in [7, 11) is 2.20. The van der Waals surface area contributed by atoms with Crippen molar-refractivity contribution in [1.29, 1.82) is 0 Å². The second kappa shape index (κ2) is 5.07. The quantitative estimate of drug-likeness (QED) is 0.842. The van der Waals surface area contributed by atoms with Crippen LogP contribution in [0.4, 0.5) is 5.69 Å². The van der Waals surface area contributed by atoms with Crippen LogP contribution in [-0.2, 0) is 6.54 Å². The van der Waals surface area contributed by atoms with E-state index in [9.17, 15) is 0 Å². The van der Waals surface area contributed by atoms with Gasteiger partial charge >= 0.3 is 0 Å². The fraction of sp³-hybridized carbons (Fsp3) is 0.571. The minimum Gasteiger partial charge on any atom is -0.368 e. The van der Waals surface area contributed by atoms with E-state index in [0.29, 0.717) is 12.6 Å². The van der Waals surface area contributed by atoms with Gasteiger partial charge in [0.05, 0.1) is 0 Å². The Morgan fingerprint density at radius 2 is 2.12 bits per heavy atom. The molecule has 1 atom stereocenters. The van der Waals surface area contributed by atoms with Crippen molar-refractivity contribution in [1.82, 2.24) is 4.90 Å². The van der Waals surface area contributed by atoms with Gasteiger partial charge in [0.1, 0.15) is 0 Å². The molecule has 94 valence electrons. The lowest BCUT2D eigenvalue weighted by molar-refractivity contribution is 0.234. The first-order chi connectivity index (χ1) is 8.11. The second-order valence-corrected chi connectivity index (χ2v) is 5.10. The van der Waals surface area contributed by atoms with Gasteiger partial charge in [-0.3, -0.25) is 0 Å². The summed E-state index contributed by atoms with van der Waals surface area (Å²) < 4.78 is 0. The van der Waals surface area contributed by atoms with Crippen molar-refractivity contribution >= 4 is 5.69 Å². The van der Waals surface area contributed by atoms with E-state index in [1.807, 2.05) is 0 Å². The summed E-state index contributed by atoms with van der Waals surface area (Å²) in [6.07, 6.45) is 0. The van der Waals surface area contributed by atoms with Crippen LogP contribution in [0, 0.1) is 6.92 Å². The van der Waals surface area contributed by atoms with E-state index in [2.05, 4.69) is 48.9 Å². The number of hydrogen-bond acceptors (Lipinski definition) is 3. The van der Waals surface area contributed by atoms with E-state index in [-0.39, 0.29) is 0 Å². The number of aryl methyl sites for hydroxylation is 1. The van der Waals surface area contributed by atoms with Crippen LogP contribution in [0.3, 0.4) is 0 Å². The van der Waals surface area contributed by atoms with Crippen molar-refractivity contribution in [3.8, 4) is 0 Å². The molecule has 1 aliphatic rings. The highest BCUT2D eigenvalue weighted by molar-refractivity contribution is 5.55. The van der Waals surface area contributed by atoms with E-state index in [4.69, 9.17) is 5.73 Å². The van der Waals surface area contributed by atoms with E-state index in [0.717, 1.165) is 19.6 Å². The van der Waals surface area contributed by atoms with Gasteiger partial charge in [-0.2, -0.15) is 0 Å². The SMILES string of the molecule is Cc1cc(CN)ccc1N1CCN(C)C(C)C1. The van der Waals surface area contributed by atoms with Crippen LogP contribution in [0.5, 0.6) is 0 Å². The molecule has 1 heterocycles. The van der Waals surface area contributed by atoms with Gasteiger partial charge in [-0.25, -0.2) is 0 Å². The summed E-state index contributed by atoms with van der Waals surface area (Å²) in [4.78, 5) is 4.90. The molecule has 17 heavy (non-hydrogen) atoms. The van der Waals surface area contributed by atoms with Gasteiger partial charge in [-0.15, -0.1) is 0 Å². The Bertz CT molecular complexity index is 389. The number of nitrogens with zero attached hydrogens (tertiary/aromatic N) is 2. The zero-order valence-electron chi connectivity index (χ0n) is 11.1. The van der Waals surface area contributed by atoms with E-state index in [1.54, 1.807) is 0 Å². The first kappa shape index (κ1) is 12.4. The molecule has 1 fully saturated rings. The molecule has 0 bridgehead atoms. The molecule has 0 amide bonds. The Kier molecular flexibility index (Phi) is 3.69. The molecular weight excluding hydrogens is 210 g/mol. The lowest BCUT2D eigenvalue weighted by Gasteiger charge is -2.39. The molecule has 0 radical (unpaired) electrons. The van der Waals surface area contributed by atoms with E-state index in [1.165, 1.54) is 16.8 Å². The number of rotatable bonds is 2. The Labute approximate surface area is 104 Å². The maximum Gasteiger partial charge on any atom is 0.0397 e. The molecule has 3 heteroatoms. The number of anilines is 1. The van der Waals surface area contributed by atoms with Crippen molar-refractivity contribution in [2.75, 3.05) is 31.6 Å². The first-order valence-corrected chi connectivity index (χ1v) is 6.36. The normalized spacial score (nSPS) is 21.9. The van der Waals surface area contributed by atoms with Crippen LogP contribution >= 0.6 is 0 Å². The number of hydrogen-bond donors (Lipinski definition) is 1. The number of benzene rings is 1. The third kappa shape index (κ3) is 2.61. The van der Waals surface area contributed by atoms with Gasteiger partial charge in [0.15, 0.2) is 0 Å². The topological polar surface area (TPSA) is 32.5 Å². The molecule has 0 aliphatic carbocycles. The molecule has 1 aliphatic heterocycles. The number of piperazine rings is 1. The summed E-state index contributed by atoms with van der Waals surface area (Å²) in [6.45, 7) is 8.45. The fourth-order valence-corrected chi connectivity index (χ4v) is 2.47. The summed E-state index contributed by atoms with van der Waals surface area (Å²) in [5.41, 5.74) is 9.58. The highest BCUT2D eigenvalue weighted by Gasteiger charge is 2.21. The van der Waals surface area contributed by atoms with Crippen LogP contribution in [0.25, 0.3) is 0 Å². The molecule has 2 rings (SSSR count). The van der Waals surface area contributed by atoms with E-state index < -0.39 is 0 Å². The molecule has 1 saturated heterocycles. The smallest absolute Gasteiger partial charge is 0.0397 e. The standard InChI is InChI=1S/C14H23N3/c1-11-8-13(9-15)4-5-14(11)17-7-6-16(3)12(2)10-17/h4-5,8,12H,6-7,9-10,15H2,1-3H3. The molecule has 1 aromatic rings. The van der Waals surface area contributed by atoms with Crippen molar-refractivity contribution in [2.24, 2.45) is 5.73 Å². The summed E-state index contributed by atoms with van der Waals surface area (Å²) in [5, 5.41) is 0. The monoisotopic (exact) mass is 233 g/mol. The molecule has 0 spiro atoms. The Hall–Kier alpha value is -1.06. The molecule has 1 unspecified atom stereocenters. The summed E-state index contributed by atoms with van der Waals surface area (Å²) in [6, 6.07) is 7.19. The Balaban J connectivity index is 2.17. The highest BCUT2D eigenvalue weighted by Crippen LogP contribution is 2.23. The zero-order valence-corrected chi connectivity index (χ0v) is 11.1. The lowest BCUT2D eigenvalue weighted by atomic mass is 10.1. The van der Waals surface area contributed by atoms with Crippen molar-refractivity contribution in [2.45, 2.75) is 26.4 Å². The molecule has 1 aromatic carbocycles. The van der Waals surface area contributed by atoms with Crippen LogP contribution in [0.1, 0.15) is 18.1 Å². The predicted octanol–water partition coefficient (Wildman–Crippen LogP) is 1.59. The van der Waals surface area contributed by atoms with Crippen molar-refractivity contribution in [3.05, 3.63) is 29.3 Å². The van der Waals surface area contributed by atoms with Gasteiger partial charge < -0.3 is 15.5 Å². The van der Waals surface area contributed by atoms with Gasteiger partial charge in [0.25, 0.3) is 0 Å². The molecular formula is C14H23N3. The lowest BCUT2D eigenvalue weighted by Crippen LogP contribution is -2.50. The predicted molar refractivity (Wildman–Crippen MR) is 73.4 cm³/mol. The summed E-state index contributed by atoms with van der Waals surface area (Å²) >= 11 is 0.